The third-order valence-electron chi connectivity index (χ3n) is 2.47. The second-order valence-electron chi connectivity index (χ2n) is 4.05. The van der Waals surface area contributed by atoms with E-state index in [-0.39, 0.29) is 10.9 Å². The van der Waals surface area contributed by atoms with Gasteiger partial charge in [0.25, 0.3) is 0 Å². The zero-order valence-corrected chi connectivity index (χ0v) is 10.8. The number of terminal acetylenes is 1. The van der Waals surface area contributed by atoms with Crippen LogP contribution in [0.4, 0.5) is 5.69 Å². The summed E-state index contributed by atoms with van der Waals surface area (Å²) in [5, 5.41) is 2.97. The van der Waals surface area contributed by atoms with Crippen molar-refractivity contribution in [2.75, 3.05) is 18.5 Å². The van der Waals surface area contributed by atoms with Crippen LogP contribution in [-0.4, -0.2) is 27.6 Å². The van der Waals surface area contributed by atoms with Crippen molar-refractivity contribution < 1.29 is 13.2 Å². The molecule has 0 radical (unpaired) electrons. The lowest BCUT2D eigenvalue weighted by Crippen LogP contribution is -2.33. The van der Waals surface area contributed by atoms with Gasteiger partial charge in [0, 0.05) is 11.8 Å². The number of anilines is 1. The highest BCUT2D eigenvalue weighted by Gasteiger charge is 2.26. The number of ether oxygens (including phenoxy) is 1. The molecule has 0 amide bonds. The molecule has 1 aliphatic rings. The molecule has 0 aliphatic carbocycles. The number of nitrogens with one attached hydrogen (secondary N) is 2. The van der Waals surface area contributed by atoms with E-state index < -0.39 is 10.0 Å². The fourth-order valence-corrected chi connectivity index (χ4v) is 3.04. The second-order valence-corrected chi connectivity index (χ2v) is 5.73. The summed E-state index contributed by atoms with van der Waals surface area (Å²) in [5.74, 6) is 2.79. The van der Waals surface area contributed by atoms with Crippen LogP contribution in [0.3, 0.4) is 0 Å². The lowest BCUT2D eigenvalue weighted by Gasteiger charge is -2.09. The van der Waals surface area contributed by atoms with Crippen LogP contribution in [0.25, 0.3) is 0 Å². The van der Waals surface area contributed by atoms with Crippen LogP contribution in [0.1, 0.15) is 6.92 Å². The van der Waals surface area contributed by atoms with Gasteiger partial charge >= 0.3 is 0 Å². The minimum atomic E-state index is -3.51. The predicted molar refractivity (Wildman–Crippen MR) is 69.0 cm³/mol. The Morgan fingerprint density at radius 3 is 3.11 bits per heavy atom. The molecular formula is C12H14N2O3S. The first-order chi connectivity index (χ1) is 8.53. The number of rotatable bonds is 2. The molecule has 0 saturated heterocycles. The lowest BCUT2D eigenvalue weighted by molar-refractivity contribution is 0.288. The molecule has 1 atom stereocenters. The number of hydrogen-bond donors (Lipinski definition) is 2. The molecule has 2 N–H and O–H groups in total. The van der Waals surface area contributed by atoms with Gasteiger partial charge in [-0.3, -0.25) is 0 Å². The molecule has 96 valence electrons. The summed E-state index contributed by atoms with van der Waals surface area (Å²) in [6, 6.07) is 4.55. The molecule has 0 spiro atoms. The maximum Gasteiger partial charge on any atom is 0.244 e. The first-order valence-electron chi connectivity index (χ1n) is 5.49. The molecule has 1 aliphatic heterocycles. The summed E-state index contributed by atoms with van der Waals surface area (Å²) in [6.07, 6.45) is 5.15. The molecule has 6 heteroatoms. The average Bonchev–Trinajstić information content (AvgIpc) is 2.43. The Balaban J connectivity index is 2.39. The topological polar surface area (TPSA) is 67.4 Å². The van der Waals surface area contributed by atoms with E-state index in [9.17, 15) is 8.42 Å². The van der Waals surface area contributed by atoms with Crippen molar-refractivity contribution in [3.8, 4) is 18.1 Å². The minimum absolute atomic E-state index is 0.151. The zero-order valence-electron chi connectivity index (χ0n) is 9.93. The van der Waals surface area contributed by atoms with E-state index in [1.807, 2.05) is 0 Å². The summed E-state index contributed by atoms with van der Waals surface area (Å²) in [7, 11) is -3.51. The molecule has 1 unspecified atom stereocenters. The van der Waals surface area contributed by atoms with Crippen molar-refractivity contribution in [2.24, 2.45) is 0 Å². The van der Waals surface area contributed by atoms with Gasteiger partial charge in [-0.1, -0.05) is 5.92 Å². The van der Waals surface area contributed by atoms with Crippen molar-refractivity contribution in [1.29, 1.82) is 0 Å². The Bertz CT molecular complexity index is 590. The van der Waals surface area contributed by atoms with Gasteiger partial charge in [0.2, 0.25) is 10.0 Å². The Morgan fingerprint density at radius 2 is 2.39 bits per heavy atom. The maximum absolute atomic E-state index is 12.0. The molecule has 18 heavy (non-hydrogen) atoms. The monoisotopic (exact) mass is 266 g/mol. The molecule has 0 fully saturated rings. The molecule has 2 rings (SSSR count). The highest BCUT2D eigenvalue weighted by Crippen LogP contribution is 2.29. The number of fused-ring (bicyclic) bond motifs is 1. The van der Waals surface area contributed by atoms with Crippen molar-refractivity contribution in [1.82, 2.24) is 4.72 Å². The van der Waals surface area contributed by atoms with E-state index in [0.29, 0.717) is 18.9 Å². The smallest absolute Gasteiger partial charge is 0.244 e. The Hall–Kier alpha value is -1.71. The molecule has 1 aromatic carbocycles. The van der Waals surface area contributed by atoms with Gasteiger partial charge < -0.3 is 10.1 Å². The largest absolute Gasteiger partial charge is 0.490 e. The van der Waals surface area contributed by atoms with E-state index in [1.54, 1.807) is 19.1 Å². The number of hydrogen-bond acceptors (Lipinski definition) is 4. The van der Waals surface area contributed by atoms with Crippen molar-refractivity contribution in [3.63, 3.8) is 0 Å². The van der Waals surface area contributed by atoms with Gasteiger partial charge in [-0.25, -0.2) is 13.1 Å². The van der Waals surface area contributed by atoms with Crippen LogP contribution >= 0.6 is 0 Å². The lowest BCUT2D eigenvalue weighted by atomic mass is 10.3. The van der Waals surface area contributed by atoms with Crippen LogP contribution in [-0.2, 0) is 10.0 Å². The number of sulfonamides is 1. The molecular weight excluding hydrogens is 252 g/mol. The average molecular weight is 266 g/mol. The highest BCUT2D eigenvalue weighted by molar-refractivity contribution is 7.89. The zero-order chi connectivity index (χ0) is 13.2. The van der Waals surface area contributed by atoms with E-state index in [2.05, 4.69) is 16.0 Å². The Kier molecular flexibility index (Phi) is 3.45. The third-order valence-corrected chi connectivity index (χ3v) is 4.10. The van der Waals surface area contributed by atoms with Crippen molar-refractivity contribution in [2.45, 2.75) is 17.9 Å². The van der Waals surface area contributed by atoms with E-state index in [0.717, 1.165) is 5.69 Å². The highest BCUT2D eigenvalue weighted by atomic mass is 32.2. The van der Waals surface area contributed by atoms with Gasteiger partial charge in [0.05, 0.1) is 12.6 Å². The summed E-state index contributed by atoms with van der Waals surface area (Å²) in [4.78, 5) is 0.151. The summed E-state index contributed by atoms with van der Waals surface area (Å²) in [6.45, 7) is 2.42. The Morgan fingerprint density at radius 1 is 1.61 bits per heavy atom. The second kappa shape index (κ2) is 4.88. The first-order valence-corrected chi connectivity index (χ1v) is 6.98. The number of benzene rings is 1. The van der Waals surface area contributed by atoms with Crippen molar-refractivity contribution in [3.05, 3.63) is 18.2 Å². The standard InChI is InChI=1S/C12H14N2O3S/c1-3-6-13-10-4-5-12-11(7-10)17-8-9(2)14-18(12,15)16/h1,4-5,7,9,13-14H,6,8H2,2H3. The van der Waals surface area contributed by atoms with E-state index in [1.165, 1.54) is 6.07 Å². The van der Waals surface area contributed by atoms with Gasteiger partial charge in [-0.15, -0.1) is 6.42 Å². The van der Waals surface area contributed by atoms with E-state index in [4.69, 9.17) is 11.2 Å². The Labute approximate surface area is 107 Å². The quantitative estimate of drug-likeness (QED) is 0.777. The summed E-state index contributed by atoms with van der Waals surface area (Å²) < 4.78 is 32.0. The van der Waals surface area contributed by atoms with Crippen LogP contribution in [0.5, 0.6) is 5.75 Å². The molecule has 0 aromatic heterocycles. The fraction of sp³-hybridized carbons (Fsp3) is 0.333. The van der Waals surface area contributed by atoms with E-state index >= 15 is 0 Å². The summed E-state index contributed by atoms with van der Waals surface area (Å²) in [5.41, 5.74) is 0.733. The van der Waals surface area contributed by atoms with Crippen LogP contribution < -0.4 is 14.8 Å². The first kappa shape index (κ1) is 12.7. The summed E-state index contributed by atoms with van der Waals surface area (Å²) >= 11 is 0. The minimum Gasteiger partial charge on any atom is -0.490 e. The predicted octanol–water partition coefficient (Wildman–Crippen LogP) is 0.791. The normalized spacial score (nSPS) is 21.0. The molecule has 0 bridgehead atoms. The van der Waals surface area contributed by atoms with Gasteiger partial charge in [0.15, 0.2) is 0 Å². The van der Waals surface area contributed by atoms with Crippen molar-refractivity contribution >= 4 is 15.7 Å². The molecule has 1 aromatic rings. The SMILES string of the molecule is C#CCNc1ccc2c(c1)OCC(C)NS2(=O)=O. The molecule has 5 nitrogen and oxygen atoms in total. The maximum atomic E-state index is 12.0. The third kappa shape index (κ3) is 2.58. The van der Waals surface area contributed by atoms with Crippen LogP contribution in [0.15, 0.2) is 23.1 Å². The molecule has 0 saturated carbocycles. The fourth-order valence-electron chi connectivity index (χ4n) is 1.68. The van der Waals surface area contributed by atoms with Crippen LogP contribution in [0.2, 0.25) is 0 Å². The van der Waals surface area contributed by atoms with Gasteiger partial charge in [-0.05, 0) is 19.1 Å². The van der Waals surface area contributed by atoms with Gasteiger partial charge in [-0.2, -0.15) is 0 Å². The van der Waals surface area contributed by atoms with Crippen LogP contribution in [0, 0.1) is 12.3 Å². The van der Waals surface area contributed by atoms with Gasteiger partial charge in [0.1, 0.15) is 17.3 Å². The molecule has 1 heterocycles.